The average molecular weight is 291 g/mol. The number of carbonyl (C=O) groups is 1. The second kappa shape index (κ2) is 7.88. The van der Waals surface area contributed by atoms with Gasteiger partial charge in [0.25, 0.3) is 0 Å². The van der Waals surface area contributed by atoms with E-state index in [4.69, 9.17) is 4.74 Å². The molecule has 0 bridgehead atoms. The van der Waals surface area contributed by atoms with Crippen LogP contribution in [0.1, 0.15) is 47.0 Å². The van der Waals surface area contributed by atoms with Crippen LogP contribution >= 0.6 is 15.9 Å². The molecule has 0 saturated heterocycles. The smallest absolute Gasteiger partial charge is 0.330 e. The number of allylic oxidation sites excluding steroid dienone is 1. The van der Waals surface area contributed by atoms with Gasteiger partial charge in [-0.25, -0.2) is 4.79 Å². The summed E-state index contributed by atoms with van der Waals surface area (Å²) >= 11 is 3.42. The lowest BCUT2D eigenvalue weighted by atomic mass is 10.0. The highest BCUT2D eigenvalue weighted by Gasteiger charge is 2.13. The summed E-state index contributed by atoms with van der Waals surface area (Å²) in [6, 6.07) is 0. The molecule has 1 atom stereocenters. The molecule has 0 aromatic heterocycles. The summed E-state index contributed by atoms with van der Waals surface area (Å²) in [7, 11) is 0. The van der Waals surface area contributed by atoms with Crippen molar-refractivity contribution in [2.75, 3.05) is 5.33 Å². The first-order chi connectivity index (χ1) is 7.35. The molecule has 0 saturated carbocycles. The zero-order valence-corrected chi connectivity index (χ0v) is 12.3. The summed E-state index contributed by atoms with van der Waals surface area (Å²) in [5.74, 6) is 0.448. The first-order valence-corrected chi connectivity index (χ1v) is 6.93. The fraction of sp³-hybridized carbons (Fsp3) is 0.769. The second-order valence-corrected chi connectivity index (χ2v) is 5.89. The highest BCUT2D eigenvalue weighted by Crippen LogP contribution is 2.12. The fourth-order valence-electron chi connectivity index (χ4n) is 1.23. The molecule has 0 N–H and O–H groups in total. The maximum absolute atomic E-state index is 11.3. The van der Waals surface area contributed by atoms with E-state index in [1.165, 1.54) is 12.5 Å². The van der Waals surface area contributed by atoms with Crippen molar-refractivity contribution in [1.82, 2.24) is 0 Å². The lowest BCUT2D eigenvalue weighted by Gasteiger charge is -2.17. The number of hydrogen-bond acceptors (Lipinski definition) is 2. The van der Waals surface area contributed by atoms with Crippen molar-refractivity contribution in [3.8, 4) is 0 Å². The molecule has 0 amide bonds. The number of hydrogen-bond donors (Lipinski definition) is 0. The zero-order chi connectivity index (χ0) is 12.6. The van der Waals surface area contributed by atoms with Crippen molar-refractivity contribution >= 4 is 21.9 Å². The van der Waals surface area contributed by atoms with E-state index in [9.17, 15) is 4.79 Å². The second-order valence-electron chi connectivity index (χ2n) is 5.10. The van der Waals surface area contributed by atoms with E-state index in [0.717, 1.165) is 18.2 Å². The predicted octanol–water partition coefficient (Wildman–Crippen LogP) is 4.09. The van der Waals surface area contributed by atoms with Gasteiger partial charge >= 0.3 is 5.97 Å². The molecule has 0 rings (SSSR count). The van der Waals surface area contributed by atoms with E-state index in [-0.39, 0.29) is 5.97 Å². The van der Waals surface area contributed by atoms with E-state index < -0.39 is 5.60 Å². The van der Waals surface area contributed by atoms with Crippen LogP contribution < -0.4 is 0 Å². The highest BCUT2D eigenvalue weighted by molar-refractivity contribution is 9.09. The van der Waals surface area contributed by atoms with Gasteiger partial charge in [-0.1, -0.05) is 28.9 Å². The molecule has 0 aliphatic carbocycles. The Morgan fingerprint density at radius 3 is 2.50 bits per heavy atom. The van der Waals surface area contributed by atoms with Crippen molar-refractivity contribution in [1.29, 1.82) is 0 Å². The van der Waals surface area contributed by atoms with Crippen LogP contribution in [-0.2, 0) is 9.53 Å². The average Bonchev–Trinajstić information content (AvgIpc) is 2.10. The SMILES string of the molecule is CC(CCBr)CC/C=C/C(=O)OC(C)(C)C. The van der Waals surface area contributed by atoms with Gasteiger partial charge in [0.05, 0.1) is 0 Å². The van der Waals surface area contributed by atoms with Gasteiger partial charge in [0.1, 0.15) is 5.60 Å². The van der Waals surface area contributed by atoms with Crippen LogP contribution in [0, 0.1) is 5.92 Å². The fourth-order valence-corrected chi connectivity index (χ4v) is 2.01. The quantitative estimate of drug-likeness (QED) is 0.418. The maximum atomic E-state index is 11.3. The maximum Gasteiger partial charge on any atom is 0.330 e. The van der Waals surface area contributed by atoms with Crippen LogP contribution in [-0.4, -0.2) is 16.9 Å². The van der Waals surface area contributed by atoms with Gasteiger partial charge in [0, 0.05) is 11.4 Å². The molecule has 3 heteroatoms. The lowest BCUT2D eigenvalue weighted by molar-refractivity contribution is -0.148. The van der Waals surface area contributed by atoms with Crippen molar-refractivity contribution in [3.05, 3.63) is 12.2 Å². The summed E-state index contributed by atoms with van der Waals surface area (Å²) in [6.07, 6.45) is 6.67. The summed E-state index contributed by atoms with van der Waals surface area (Å²) in [6.45, 7) is 7.84. The van der Waals surface area contributed by atoms with E-state index in [0.29, 0.717) is 5.92 Å². The van der Waals surface area contributed by atoms with Crippen LogP contribution in [0.25, 0.3) is 0 Å². The number of alkyl halides is 1. The number of rotatable bonds is 6. The monoisotopic (exact) mass is 290 g/mol. The summed E-state index contributed by atoms with van der Waals surface area (Å²) in [5, 5.41) is 1.05. The van der Waals surface area contributed by atoms with Crippen LogP contribution in [0.15, 0.2) is 12.2 Å². The third-order valence-electron chi connectivity index (χ3n) is 2.09. The third kappa shape index (κ3) is 10.2. The number of ether oxygens (including phenoxy) is 1. The molecule has 0 aromatic carbocycles. The van der Waals surface area contributed by atoms with Crippen LogP contribution in [0.2, 0.25) is 0 Å². The largest absolute Gasteiger partial charge is 0.457 e. The van der Waals surface area contributed by atoms with Crippen molar-refractivity contribution in [2.24, 2.45) is 5.92 Å². The molecular weight excluding hydrogens is 268 g/mol. The molecule has 0 aromatic rings. The Kier molecular flexibility index (Phi) is 7.73. The zero-order valence-electron chi connectivity index (χ0n) is 10.8. The first kappa shape index (κ1) is 15.7. The number of halogens is 1. The molecule has 0 aliphatic rings. The lowest BCUT2D eigenvalue weighted by Crippen LogP contribution is -2.22. The molecule has 16 heavy (non-hydrogen) atoms. The summed E-state index contributed by atoms with van der Waals surface area (Å²) < 4.78 is 5.16. The first-order valence-electron chi connectivity index (χ1n) is 5.80. The van der Waals surface area contributed by atoms with Crippen molar-refractivity contribution in [2.45, 2.75) is 52.6 Å². The van der Waals surface area contributed by atoms with E-state index in [1.807, 2.05) is 26.8 Å². The molecule has 0 heterocycles. The Labute approximate surface area is 108 Å². The Bertz CT molecular complexity index is 229. The van der Waals surface area contributed by atoms with Gasteiger partial charge in [-0.2, -0.15) is 0 Å². The molecular formula is C13H23BrO2. The van der Waals surface area contributed by atoms with Gasteiger partial charge in [0.15, 0.2) is 0 Å². The Morgan fingerprint density at radius 1 is 1.38 bits per heavy atom. The van der Waals surface area contributed by atoms with Crippen molar-refractivity contribution in [3.63, 3.8) is 0 Å². The normalized spacial score (nSPS) is 14.1. The third-order valence-corrected chi connectivity index (χ3v) is 2.55. The van der Waals surface area contributed by atoms with E-state index in [2.05, 4.69) is 22.9 Å². The Hall–Kier alpha value is -0.310. The minimum Gasteiger partial charge on any atom is -0.457 e. The topological polar surface area (TPSA) is 26.3 Å². The molecule has 0 radical (unpaired) electrons. The Morgan fingerprint density at radius 2 is 2.00 bits per heavy atom. The molecule has 0 aliphatic heterocycles. The van der Waals surface area contributed by atoms with E-state index in [1.54, 1.807) is 0 Å². The molecule has 94 valence electrons. The van der Waals surface area contributed by atoms with Crippen molar-refractivity contribution < 1.29 is 9.53 Å². The van der Waals surface area contributed by atoms with Gasteiger partial charge in [0.2, 0.25) is 0 Å². The minimum absolute atomic E-state index is 0.249. The van der Waals surface area contributed by atoms with Gasteiger partial charge in [-0.15, -0.1) is 0 Å². The number of carbonyl (C=O) groups excluding carboxylic acids is 1. The van der Waals surface area contributed by atoms with Crippen LogP contribution in [0.4, 0.5) is 0 Å². The molecule has 0 fully saturated rings. The van der Waals surface area contributed by atoms with Crippen LogP contribution in [0.3, 0.4) is 0 Å². The van der Waals surface area contributed by atoms with Gasteiger partial charge in [-0.05, 0) is 46.0 Å². The Balaban J connectivity index is 3.72. The molecule has 1 unspecified atom stereocenters. The minimum atomic E-state index is -0.398. The number of esters is 1. The highest BCUT2D eigenvalue weighted by atomic mass is 79.9. The van der Waals surface area contributed by atoms with Crippen LogP contribution in [0.5, 0.6) is 0 Å². The summed E-state index contributed by atoms with van der Waals surface area (Å²) in [4.78, 5) is 11.3. The summed E-state index contributed by atoms with van der Waals surface area (Å²) in [5.41, 5.74) is -0.398. The molecule has 2 nitrogen and oxygen atoms in total. The van der Waals surface area contributed by atoms with E-state index >= 15 is 0 Å². The van der Waals surface area contributed by atoms with Gasteiger partial charge in [-0.3, -0.25) is 0 Å². The predicted molar refractivity (Wildman–Crippen MR) is 71.8 cm³/mol. The molecule has 0 spiro atoms. The standard InChI is InChI=1S/C13H23BrO2/c1-11(9-10-14)7-5-6-8-12(15)16-13(2,3)4/h6,8,11H,5,7,9-10H2,1-4H3/b8-6+. The van der Waals surface area contributed by atoms with Gasteiger partial charge < -0.3 is 4.74 Å².